The molecule has 0 radical (unpaired) electrons. The Labute approximate surface area is 111 Å². The summed E-state index contributed by atoms with van der Waals surface area (Å²) < 4.78 is 6.00. The molecule has 96 valence electrons. The standard InChI is InChI=1S/C14H16O3S/c1-13(2)17-12-9(4-3-5-10(12)18-13)14(6-7-14)8-11(15)16/h3-5H,6-8H2,1-2H3,(H,15,16). The second-order valence-corrected chi connectivity index (χ2v) is 7.21. The molecule has 0 unspecified atom stereocenters. The van der Waals surface area contributed by atoms with Crippen LogP contribution in [0, 0.1) is 0 Å². The minimum atomic E-state index is -0.727. The van der Waals surface area contributed by atoms with Gasteiger partial charge in [0.1, 0.15) is 5.75 Å². The minimum absolute atomic E-state index is 0.182. The number of ether oxygens (including phenoxy) is 1. The van der Waals surface area contributed by atoms with E-state index in [1.54, 1.807) is 11.8 Å². The largest absolute Gasteiger partial charge is 0.481 e. The van der Waals surface area contributed by atoms with Crippen molar-refractivity contribution in [1.29, 1.82) is 0 Å². The first-order valence-corrected chi connectivity index (χ1v) is 6.97. The van der Waals surface area contributed by atoms with Crippen molar-refractivity contribution in [1.82, 2.24) is 0 Å². The Balaban J connectivity index is 2.01. The van der Waals surface area contributed by atoms with Gasteiger partial charge in [0.05, 0.1) is 11.3 Å². The highest BCUT2D eigenvalue weighted by Gasteiger charge is 2.49. The first kappa shape index (κ1) is 11.9. The Bertz CT molecular complexity index is 518. The number of carboxylic acid groups (broad SMARTS) is 1. The number of carbonyl (C=O) groups is 1. The van der Waals surface area contributed by atoms with Crippen LogP contribution in [0.3, 0.4) is 0 Å². The maximum atomic E-state index is 11.0. The third kappa shape index (κ3) is 1.88. The van der Waals surface area contributed by atoms with Crippen LogP contribution < -0.4 is 4.74 Å². The molecular weight excluding hydrogens is 248 g/mol. The molecule has 0 aromatic heterocycles. The topological polar surface area (TPSA) is 46.5 Å². The zero-order chi connectivity index (χ0) is 13.0. The molecule has 1 aliphatic heterocycles. The van der Waals surface area contributed by atoms with E-state index in [9.17, 15) is 4.79 Å². The van der Waals surface area contributed by atoms with E-state index in [1.807, 2.05) is 26.0 Å². The molecule has 0 bridgehead atoms. The summed E-state index contributed by atoms with van der Waals surface area (Å²) in [5.41, 5.74) is 0.901. The molecule has 3 nitrogen and oxygen atoms in total. The van der Waals surface area contributed by atoms with Crippen LogP contribution in [0.4, 0.5) is 0 Å². The van der Waals surface area contributed by atoms with Gasteiger partial charge >= 0.3 is 5.97 Å². The predicted octanol–water partition coefficient (Wildman–Crippen LogP) is 3.41. The van der Waals surface area contributed by atoms with Gasteiger partial charge in [0, 0.05) is 11.0 Å². The van der Waals surface area contributed by atoms with Gasteiger partial charge < -0.3 is 9.84 Å². The van der Waals surface area contributed by atoms with Gasteiger partial charge in [0.25, 0.3) is 0 Å². The molecule has 0 spiro atoms. The maximum absolute atomic E-state index is 11.0. The molecule has 4 heteroatoms. The first-order chi connectivity index (χ1) is 8.42. The van der Waals surface area contributed by atoms with Gasteiger partial charge in [-0.15, -0.1) is 0 Å². The molecule has 2 aliphatic rings. The Kier molecular flexibility index (Phi) is 2.43. The number of hydrogen-bond acceptors (Lipinski definition) is 3. The Morgan fingerprint density at radius 3 is 2.78 bits per heavy atom. The number of benzene rings is 1. The van der Waals surface area contributed by atoms with Crippen molar-refractivity contribution >= 4 is 17.7 Å². The second kappa shape index (κ2) is 3.67. The number of rotatable bonds is 3. The van der Waals surface area contributed by atoms with Crippen molar-refractivity contribution in [2.45, 2.75) is 48.4 Å². The highest BCUT2D eigenvalue weighted by molar-refractivity contribution is 8.00. The summed E-state index contributed by atoms with van der Waals surface area (Å²) in [5, 5.41) is 9.06. The summed E-state index contributed by atoms with van der Waals surface area (Å²) in [5.74, 6) is 0.182. The predicted molar refractivity (Wildman–Crippen MR) is 70.2 cm³/mol. The molecule has 1 aliphatic carbocycles. The van der Waals surface area contributed by atoms with Gasteiger partial charge in [-0.1, -0.05) is 23.9 Å². The zero-order valence-corrected chi connectivity index (χ0v) is 11.3. The molecular formula is C14H16O3S. The van der Waals surface area contributed by atoms with Crippen molar-refractivity contribution in [2.75, 3.05) is 0 Å². The van der Waals surface area contributed by atoms with Gasteiger partial charge in [-0.05, 0) is 32.8 Å². The lowest BCUT2D eigenvalue weighted by Gasteiger charge is -2.20. The fourth-order valence-electron chi connectivity index (χ4n) is 2.63. The van der Waals surface area contributed by atoms with Crippen LogP contribution in [0.25, 0.3) is 0 Å². The molecule has 1 N–H and O–H groups in total. The van der Waals surface area contributed by atoms with Gasteiger partial charge in [-0.3, -0.25) is 4.79 Å². The lowest BCUT2D eigenvalue weighted by atomic mass is 9.91. The number of para-hydroxylation sites is 1. The van der Waals surface area contributed by atoms with E-state index in [-0.39, 0.29) is 16.8 Å². The SMILES string of the molecule is CC1(C)Oc2c(cccc2C2(CC(=O)O)CC2)S1. The maximum Gasteiger partial charge on any atom is 0.304 e. The minimum Gasteiger partial charge on any atom is -0.481 e. The number of aliphatic carboxylic acids is 1. The van der Waals surface area contributed by atoms with E-state index in [1.165, 1.54) is 0 Å². The van der Waals surface area contributed by atoms with Crippen molar-refractivity contribution in [2.24, 2.45) is 0 Å². The van der Waals surface area contributed by atoms with Crippen LogP contribution in [-0.2, 0) is 10.2 Å². The van der Waals surface area contributed by atoms with Gasteiger partial charge in [0.2, 0.25) is 0 Å². The second-order valence-electron chi connectivity index (χ2n) is 5.59. The van der Waals surface area contributed by atoms with E-state index in [0.29, 0.717) is 0 Å². The number of hydrogen-bond donors (Lipinski definition) is 1. The summed E-state index contributed by atoms with van der Waals surface area (Å²) >= 11 is 1.70. The number of fused-ring (bicyclic) bond motifs is 1. The monoisotopic (exact) mass is 264 g/mol. The Hall–Kier alpha value is -1.16. The molecule has 18 heavy (non-hydrogen) atoms. The molecule has 1 fully saturated rings. The van der Waals surface area contributed by atoms with Crippen LogP contribution in [0.1, 0.15) is 38.7 Å². The van der Waals surface area contributed by atoms with Crippen LogP contribution in [0.2, 0.25) is 0 Å². The summed E-state index contributed by atoms with van der Waals surface area (Å²) in [4.78, 5) is 11.9. The fourth-order valence-corrected chi connectivity index (χ4v) is 3.68. The first-order valence-electron chi connectivity index (χ1n) is 6.15. The summed E-state index contributed by atoms with van der Waals surface area (Å²) in [6.45, 7) is 4.08. The molecule has 0 saturated heterocycles. The van der Waals surface area contributed by atoms with Crippen LogP contribution in [0.5, 0.6) is 5.75 Å². The number of carboxylic acids is 1. The Morgan fingerprint density at radius 2 is 2.17 bits per heavy atom. The van der Waals surface area contributed by atoms with E-state index < -0.39 is 5.97 Å². The lowest BCUT2D eigenvalue weighted by molar-refractivity contribution is -0.137. The molecule has 0 amide bonds. The van der Waals surface area contributed by atoms with Crippen molar-refractivity contribution in [3.8, 4) is 5.75 Å². The van der Waals surface area contributed by atoms with E-state index >= 15 is 0 Å². The van der Waals surface area contributed by atoms with Crippen LogP contribution in [0.15, 0.2) is 23.1 Å². The molecule has 1 heterocycles. The molecule has 1 aromatic carbocycles. The van der Waals surface area contributed by atoms with Crippen molar-refractivity contribution in [3.63, 3.8) is 0 Å². The number of thioether (sulfide) groups is 1. The molecule has 1 saturated carbocycles. The normalized spacial score (nSPS) is 22.1. The van der Waals surface area contributed by atoms with Gasteiger partial charge in [0.15, 0.2) is 4.93 Å². The van der Waals surface area contributed by atoms with Crippen molar-refractivity contribution in [3.05, 3.63) is 23.8 Å². The average Bonchev–Trinajstić information content (AvgIpc) is 2.91. The third-order valence-electron chi connectivity index (χ3n) is 3.60. The quantitative estimate of drug-likeness (QED) is 0.908. The highest BCUT2D eigenvalue weighted by Crippen LogP contribution is 2.58. The summed E-state index contributed by atoms with van der Waals surface area (Å²) in [6, 6.07) is 6.08. The molecule has 1 aromatic rings. The van der Waals surface area contributed by atoms with Gasteiger partial charge in [-0.25, -0.2) is 0 Å². The Morgan fingerprint density at radius 1 is 1.44 bits per heavy atom. The molecule has 3 rings (SSSR count). The zero-order valence-electron chi connectivity index (χ0n) is 10.5. The third-order valence-corrected chi connectivity index (χ3v) is 4.71. The molecule has 0 atom stereocenters. The van der Waals surface area contributed by atoms with Gasteiger partial charge in [-0.2, -0.15) is 0 Å². The van der Waals surface area contributed by atoms with Crippen LogP contribution in [-0.4, -0.2) is 16.0 Å². The summed E-state index contributed by atoms with van der Waals surface area (Å²) in [7, 11) is 0. The van der Waals surface area contributed by atoms with E-state index in [4.69, 9.17) is 9.84 Å². The average molecular weight is 264 g/mol. The smallest absolute Gasteiger partial charge is 0.304 e. The lowest BCUT2D eigenvalue weighted by Crippen LogP contribution is -2.20. The summed E-state index contributed by atoms with van der Waals surface area (Å²) in [6.07, 6.45) is 2.10. The van der Waals surface area contributed by atoms with Crippen molar-refractivity contribution < 1.29 is 14.6 Å². The van der Waals surface area contributed by atoms with Crippen LogP contribution >= 0.6 is 11.8 Å². The van der Waals surface area contributed by atoms with E-state index in [0.717, 1.165) is 29.1 Å². The van der Waals surface area contributed by atoms with E-state index in [2.05, 4.69) is 6.07 Å². The highest BCUT2D eigenvalue weighted by atomic mass is 32.2. The fraction of sp³-hybridized carbons (Fsp3) is 0.500.